The summed E-state index contributed by atoms with van der Waals surface area (Å²) >= 11 is 0. The summed E-state index contributed by atoms with van der Waals surface area (Å²) in [7, 11) is -4.83. The summed E-state index contributed by atoms with van der Waals surface area (Å²) in [6, 6.07) is 17.6. The van der Waals surface area contributed by atoms with Crippen molar-refractivity contribution in [3.05, 3.63) is 66.5 Å². The number of nitrogens with two attached hydrogens (primary N) is 1. The number of phosphoric acid groups is 1. The molecule has 0 spiro atoms. The summed E-state index contributed by atoms with van der Waals surface area (Å²) in [4.78, 5) is 25.8. The van der Waals surface area contributed by atoms with Gasteiger partial charge in [-0.15, -0.1) is 0 Å². The molecule has 2 aromatic heterocycles. The Kier molecular flexibility index (Phi) is 6.68. The van der Waals surface area contributed by atoms with Crippen molar-refractivity contribution in [1.29, 1.82) is 0 Å². The number of aliphatic hydroxyl groups is 2. The minimum atomic E-state index is -4.83. The zero-order chi connectivity index (χ0) is 26.3. The van der Waals surface area contributed by atoms with Gasteiger partial charge in [-0.25, -0.2) is 14.1 Å². The molecule has 1 aliphatic heterocycles. The van der Waals surface area contributed by atoms with Crippen LogP contribution in [0.3, 0.4) is 0 Å². The van der Waals surface area contributed by atoms with Crippen molar-refractivity contribution in [3.8, 4) is 17.0 Å². The van der Waals surface area contributed by atoms with E-state index in [2.05, 4.69) is 14.5 Å². The number of imidazole rings is 1. The van der Waals surface area contributed by atoms with Gasteiger partial charge in [0.05, 0.1) is 13.2 Å². The molecular weight excluding hydrogens is 505 g/mol. The summed E-state index contributed by atoms with van der Waals surface area (Å²) < 4.78 is 24.1. The number of rotatable bonds is 7. The number of nitrogen functional groups attached to an aromatic ring is 1. The van der Waals surface area contributed by atoms with Gasteiger partial charge in [-0.05, 0) is 16.7 Å². The van der Waals surface area contributed by atoms with Crippen LogP contribution in [-0.2, 0) is 20.4 Å². The lowest BCUT2D eigenvalue weighted by molar-refractivity contribution is -0.745. The lowest BCUT2D eigenvalue weighted by Gasteiger charge is -2.14. The summed E-state index contributed by atoms with van der Waals surface area (Å²) in [6.07, 6.45) is -4.07. The first kappa shape index (κ1) is 25.2. The first-order valence-corrected chi connectivity index (χ1v) is 12.7. The van der Waals surface area contributed by atoms with Gasteiger partial charge in [0.15, 0.2) is 11.8 Å². The fourth-order valence-corrected chi connectivity index (χ4v) is 4.68. The number of hydrogen-bond donors (Lipinski definition) is 5. The second-order valence-corrected chi connectivity index (χ2v) is 9.84. The molecule has 4 aromatic rings. The molecule has 5 rings (SSSR count). The van der Waals surface area contributed by atoms with Crippen molar-refractivity contribution >= 4 is 24.9 Å². The first-order chi connectivity index (χ1) is 17.6. The van der Waals surface area contributed by atoms with Gasteiger partial charge < -0.3 is 35.6 Å². The highest BCUT2D eigenvalue weighted by Crippen LogP contribution is 2.38. The minimum absolute atomic E-state index is 0.0613. The second-order valence-electron chi connectivity index (χ2n) is 8.61. The summed E-state index contributed by atoms with van der Waals surface area (Å²) in [5.41, 5.74) is 8.82. The molecule has 1 aliphatic rings. The number of aromatic nitrogens is 4. The number of anilines is 1. The molecule has 0 radical (unpaired) electrons. The zero-order valence-electron chi connectivity index (χ0n) is 19.2. The van der Waals surface area contributed by atoms with Crippen LogP contribution in [0.2, 0.25) is 0 Å². The summed E-state index contributed by atoms with van der Waals surface area (Å²) in [5.74, 6) is -0.929. The van der Waals surface area contributed by atoms with E-state index in [1.807, 2.05) is 54.6 Å². The summed E-state index contributed by atoms with van der Waals surface area (Å²) in [6.45, 7) is -0.424. The number of phosphoric ester groups is 1. The molecule has 0 unspecified atom stereocenters. The molecule has 194 valence electrons. The van der Waals surface area contributed by atoms with E-state index < -0.39 is 44.8 Å². The van der Waals surface area contributed by atoms with Gasteiger partial charge in [0.25, 0.3) is 5.95 Å². The highest BCUT2D eigenvalue weighted by molar-refractivity contribution is 7.46. The fourth-order valence-electron chi connectivity index (χ4n) is 4.34. The van der Waals surface area contributed by atoms with Gasteiger partial charge in [0, 0.05) is 5.88 Å². The van der Waals surface area contributed by atoms with Gasteiger partial charge in [-0.3, -0.25) is 9.09 Å². The first-order valence-electron chi connectivity index (χ1n) is 11.2. The van der Waals surface area contributed by atoms with E-state index in [0.717, 1.165) is 16.7 Å². The molecule has 0 aliphatic carbocycles. The maximum Gasteiger partial charge on any atom is 0.469 e. The molecule has 0 bridgehead atoms. The highest BCUT2D eigenvalue weighted by Gasteiger charge is 2.47. The number of nitrogens with zero attached hydrogens (tertiary/aromatic N) is 4. The Morgan fingerprint density at radius 2 is 1.73 bits per heavy atom. The molecule has 0 saturated carbocycles. The third-order valence-corrected chi connectivity index (χ3v) is 6.56. The zero-order valence-corrected chi connectivity index (χ0v) is 20.1. The van der Waals surface area contributed by atoms with E-state index >= 15 is 0 Å². The number of ether oxygens (including phenoxy) is 1. The minimum Gasteiger partial charge on any atom is -0.856 e. The average molecular weight is 529 g/mol. The molecule has 13 nitrogen and oxygen atoms in total. The number of aliphatic hydroxyl groups excluding tert-OH is 2. The normalized spacial score (nSPS) is 22.1. The van der Waals surface area contributed by atoms with Crippen molar-refractivity contribution in [2.24, 2.45) is 0 Å². The van der Waals surface area contributed by atoms with Crippen LogP contribution in [0.25, 0.3) is 22.3 Å². The maximum atomic E-state index is 12.8. The van der Waals surface area contributed by atoms with Crippen LogP contribution in [0.1, 0.15) is 11.8 Å². The van der Waals surface area contributed by atoms with Crippen molar-refractivity contribution < 1.29 is 43.5 Å². The Morgan fingerprint density at radius 3 is 2.41 bits per heavy atom. The molecule has 14 heteroatoms. The van der Waals surface area contributed by atoms with Crippen LogP contribution in [0.5, 0.6) is 5.88 Å². The monoisotopic (exact) mass is 529 g/mol. The predicted molar refractivity (Wildman–Crippen MR) is 126 cm³/mol. The summed E-state index contributed by atoms with van der Waals surface area (Å²) in [5, 5.41) is 33.8. The molecule has 1 saturated heterocycles. The standard InChI is InChI=1S/C23H24N5O8P/c24-23-25-20-17(21(31)26-23)27(10-13-6-8-15(9-7-13)14-4-2-1-3-5-14)12-28(20)22-19(30)18(29)16(36-22)11-35-37(32,33)34/h1-9,12,16,18-19,22,29-30H,10-11H2,(H4-,24,25,26,31,32,33,34)/t16-,18-,19-,22-/m0/s1. The molecule has 6 N–H and O–H groups in total. The van der Waals surface area contributed by atoms with Gasteiger partial charge in [0.2, 0.25) is 6.23 Å². The SMILES string of the molecule is Nc1nc([O-])c2c(n1)[n+]([C@H]1O[C@@H](COP(=O)(O)O)[C@H](O)[C@@H]1O)cn2Cc1ccc(-c2ccccc2)cc1. The number of fused-ring (bicyclic) bond motifs is 1. The molecular formula is C23H24N5O8P. The smallest absolute Gasteiger partial charge is 0.469 e. The quantitative estimate of drug-likeness (QED) is 0.157. The van der Waals surface area contributed by atoms with E-state index in [9.17, 15) is 19.9 Å². The molecule has 3 heterocycles. The van der Waals surface area contributed by atoms with Crippen LogP contribution in [-0.4, -0.2) is 59.5 Å². The molecule has 0 amide bonds. The van der Waals surface area contributed by atoms with Crippen molar-refractivity contribution in [1.82, 2.24) is 14.5 Å². The molecule has 37 heavy (non-hydrogen) atoms. The Labute approximate surface area is 210 Å². The fraction of sp³-hybridized carbons (Fsp3) is 0.261. The highest BCUT2D eigenvalue weighted by atomic mass is 31.2. The van der Waals surface area contributed by atoms with Gasteiger partial charge >= 0.3 is 13.5 Å². The molecule has 2 aromatic carbocycles. The number of benzene rings is 2. The van der Waals surface area contributed by atoms with Crippen LogP contribution < -0.4 is 15.4 Å². The number of hydrogen-bond acceptors (Lipinski definition) is 9. The topological polar surface area (TPSA) is 200 Å². The van der Waals surface area contributed by atoms with Crippen LogP contribution in [0.15, 0.2) is 60.9 Å². The van der Waals surface area contributed by atoms with Gasteiger partial charge in [0.1, 0.15) is 18.3 Å². The van der Waals surface area contributed by atoms with Crippen LogP contribution in [0, 0.1) is 0 Å². The Hall–Kier alpha value is -3.42. The van der Waals surface area contributed by atoms with Gasteiger partial charge in [-0.1, -0.05) is 59.6 Å². The van der Waals surface area contributed by atoms with E-state index in [1.54, 1.807) is 4.57 Å². The third-order valence-electron chi connectivity index (χ3n) is 6.08. The van der Waals surface area contributed by atoms with Crippen molar-refractivity contribution in [3.63, 3.8) is 0 Å². The average Bonchev–Trinajstić information content (AvgIpc) is 3.35. The Morgan fingerprint density at radius 1 is 1.05 bits per heavy atom. The predicted octanol–water partition coefficient (Wildman–Crippen LogP) is -0.182. The van der Waals surface area contributed by atoms with Crippen molar-refractivity contribution in [2.75, 3.05) is 12.3 Å². The van der Waals surface area contributed by atoms with Crippen LogP contribution in [0.4, 0.5) is 5.95 Å². The largest absolute Gasteiger partial charge is 0.856 e. The Balaban J connectivity index is 1.47. The van der Waals surface area contributed by atoms with E-state index in [-0.39, 0.29) is 23.7 Å². The Bertz CT molecular complexity index is 1460. The van der Waals surface area contributed by atoms with Crippen molar-refractivity contribution in [2.45, 2.75) is 31.1 Å². The molecule has 1 fully saturated rings. The molecule has 4 atom stereocenters. The van der Waals surface area contributed by atoms with E-state index in [4.69, 9.17) is 20.3 Å². The third kappa shape index (κ3) is 5.20. The van der Waals surface area contributed by atoms with Crippen LogP contribution >= 0.6 is 7.82 Å². The van der Waals surface area contributed by atoms with E-state index in [0.29, 0.717) is 0 Å². The maximum absolute atomic E-state index is 12.8. The lowest BCUT2D eigenvalue weighted by Crippen LogP contribution is -2.46. The lowest BCUT2D eigenvalue weighted by atomic mass is 10.0. The van der Waals surface area contributed by atoms with Gasteiger partial charge in [-0.2, -0.15) is 0 Å². The second kappa shape index (κ2) is 9.80. The van der Waals surface area contributed by atoms with E-state index in [1.165, 1.54) is 10.9 Å².